The zero-order chi connectivity index (χ0) is 5.14. The summed E-state index contributed by atoms with van der Waals surface area (Å²) in [6.07, 6.45) is 5.97. The Morgan fingerprint density at radius 3 is 2.25 bits per heavy atom. The summed E-state index contributed by atoms with van der Waals surface area (Å²) in [6, 6.07) is 0. The van der Waals surface area contributed by atoms with Gasteiger partial charge in [-0.1, -0.05) is 11.1 Å². The van der Waals surface area contributed by atoms with Crippen molar-refractivity contribution in [2.75, 3.05) is 0 Å². The van der Waals surface area contributed by atoms with Gasteiger partial charge in [-0.15, -0.1) is 0 Å². The Balaban J connectivity index is 2.10. The van der Waals surface area contributed by atoms with Crippen molar-refractivity contribution in [1.82, 2.24) is 0 Å². The first kappa shape index (κ1) is 3.71. The summed E-state index contributed by atoms with van der Waals surface area (Å²) >= 11 is 0. The van der Waals surface area contributed by atoms with Crippen molar-refractivity contribution in [3.05, 3.63) is 11.1 Å². The van der Waals surface area contributed by atoms with E-state index in [1.54, 1.807) is 6.42 Å². The standard InChI is InChI=1S/C8H10/c1-2-5-6(3-1)8-4-7(5)8/h7-8H,1-4H2. The minimum atomic E-state index is 1.13. The maximum Gasteiger partial charge on any atom is -0.0129 e. The summed E-state index contributed by atoms with van der Waals surface area (Å²) in [5, 5.41) is 0. The Labute approximate surface area is 49.6 Å². The van der Waals surface area contributed by atoms with Crippen LogP contribution in [-0.4, -0.2) is 0 Å². The van der Waals surface area contributed by atoms with E-state index < -0.39 is 0 Å². The van der Waals surface area contributed by atoms with Gasteiger partial charge in [0.1, 0.15) is 0 Å². The van der Waals surface area contributed by atoms with Crippen LogP contribution in [0.1, 0.15) is 25.7 Å². The molecule has 0 aliphatic heterocycles. The first-order chi connectivity index (χ1) is 3.97. The largest absolute Gasteiger partial charge is 0.0670 e. The van der Waals surface area contributed by atoms with Gasteiger partial charge in [-0.2, -0.15) is 0 Å². The second-order valence-corrected chi connectivity index (χ2v) is 3.35. The van der Waals surface area contributed by atoms with E-state index in [-0.39, 0.29) is 0 Å². The Kier molecular flexibility index (Phi) is 0.415. The molecule has 0 heteroatoms. The fourth-order valence-electron chi connectivity index (χ4n) is 2.51. The first-order valence-electron chi connectivity index (χ1n) is 3.68. The molecule has 0 heterocycles. The predicted octanol–water partition coefficient (Wildman–Crippen LogP) is 2.12. The van der Waals surface area contributed by atoms with Gasteiger partial charge in [0.05, 0.1) is 0 Å². The Hall–Kier alpha value is -0.260. The smallest absolute Gasteiger partial charge is 0.0129 e. The van der Waals surface area contributed by atoms with Gasteiger partial charge in [-0.25, -0.2) is 0 Å². The third-order valence-electron chi connectivity index (χ3n) is 2.99. The zero-order valence-electron chi connectivity index (χ0n) is 4.98. The fraction of sp³-hybridized carbons (Fsp3) is 0.750. The molecule has 0 nitrogen and oxygen atoms in total. The van der Waals surface area contributed by atoms with Gasteiger partial charge in [0.15, 0.2) is 0 Å². The van der Waals surface area contributed by atoms with Crippen LogP contribution in [0.25, 0.3) is 0 Å². The number of allylic oxidation sites excluding steroid dienone is 2. The third kappa shape index (κ3) is 0.229. The Bertz CT molecular complexity index is 158. The average Bonchev–Trinajstić information content (AvgIpc) is 2.34. The second-order valence-electron chi connectivity index (χ2n) is 3.35. The molecular weight excluding hydrogens is 96.1 g/mol. The summed E-state index contributed by atoms with van der Waals surface area (Å²) in [5.41, 5.74) is 3.77. The second kappa shape index (κ2) is 0.896. The highest BCUT2D eigenvalue weighted by Gasteiger charge is 2.53. The molecular formula is C8H10. The number of hydrogen-bond acceptors (Lipinski definition) is 0. The number of hydrogen-bond donors (Lipinski definition) is 0. The average molecular weight is 106 g/mol. The van der Waals surface area contributed by atoms with E-state index in [4.69, 9.17) is 0 Å². The van der Waals surface area contributed by atoms with E-state index in [0.29, 0.717) is 0 Å². The molecule has 0 aromatic rings. The molecule has 0 amide bonds. The van der Waals surface area contributed by atoms with E-state index >= 15 is 0 Å². The normalized spacial score (nSPS) is 48.0. The molecule has 0 spiro atoms. The molecule has 0 radical (unpaired) electrons. The zero-order valence-corrected chi connectivity index (χ0v) is 4.98. The molecule has 1 saturated carbocycles. The third-order valence-corrected chi connectivity index (χ3v) is 2.99. The van der Waals surface area contributed by atoms with Crippen LogP contribution in [-0.2, 0) is 0 Å². The van der Waals surface area contributed by atoms with Crippen LogP contribution < -0.4 is 0 Å². The Morgan fingerprint density at radius 1 is 1.00 bits per heavy atom. The van der Waals surface area contributed by atoms with E-state index in [1.165, 1.54) is 19.3 Å². The van der Waals surface area contributed by atoms with Crippen LogP contribution in [0.15, 0.2) is 11.1 Å². The minimum absolute atomic E-state index is 1.13. The van der Waals surface area contributed by atoms with E-state index in [2.05, 4.69) is 0 Å². The monoisotopic (exact) mass is 106 g/mol. The molecule has 0 saturated heterocycles. The Morgan fingerprint density at radius 2 is 1.62 bits per heavy atom. The van der Waals surface area contributed by atoms with E-state index in [9.17, 15) is 0 Å². The van der Waals surface area contributed by atoms with Crippen LogP contribution in [0.5, 0.6) is 0 Å². The highest BCUT2D eigenvalue weighted by atomic mass is 14.6. The lowest BCUT2D eigenvalue weighted by Crippen LogP contribution is -2.01. The van der Waals surface area contributed by atoms with Crippen LogP contribution in [0.2, 0.25) is 0 Å². The maximum absolute atomic E-state index is 1.88. The fourth-order valence-corrected chi connectivity index (χ4v) is 2.51. The quantitative estimate of drug-likeness (QED) is 0.415. The van der Waals surface area contributed by atoms with Crippen molar-refractivity contribution in [2.45, 2.75) is 25.7 Å². The lowest BCUT2D eigenvalue weighted by atomic mass is 9.92. The minimum Gasteiger partial charge on any atom is -0.0670 e. The molecule has 3 aliphatic carbocycles. The number of rotatable bonds is 0. The number of fused-ring (bicyclic) bond motifs is 3. The molecule has 0 aromatic carbocycles. The van der Waals surface area contributed by atoms with Crippen LogP contribution >= 0.6 is 0 Å². The van der Waals surface area contributed by atoms with Gasteiger partial charge in [-0.05, 0) is 37.5 Å². The molecule has 2 atom stereocenters. The molecule has 0 aromatic heterocycles. The highest BCUT2D eigenvalue weighted by Crippen LogP contribution is 2.65. The molecule has 0 bridgehead atoms. The molecule has 42 valence electrons. The van der Waals surface area contributed by atoms with Gasteiger partial charge in [0, 0.05) is 0 Å². The van der Waals surface area contributed by atoms with Crippen LogP contribution in [0.4, 0.5) is 0 Å². The summed E-state index contributed by atoms with van der Waals surface area (Å²) in [4.78, 5) is 0. The van der Waals surface area contributed by atoms with Gasteiger partial charge >= 0.3 is 0 Å². The van der Waals surface area contributed by atoms with Gasteiger partial charge in [0.2, 0.25) is 0 Å². The molecule has 2 unspecified atom stereocenters. The summed E-state index contributed by atoms with van der Waals surface area (Å²) in [5.74, 6) is 2.26. The van der Waals surface area contributed by atoms with Gasteiger partial charge in [0.25, 0.3) is 0 Å². The van der Waals surface area contributed by atoms with Crippen molar-refractivity contribution in [3.8, 4) is 0 Å². The van der Waals surface area contributed by atoms with Crippen molar-refractivity contribution in [2.24, 2.45) is 11.8 Å². The predicted molar refractivity (Wildman–Crippen MR) is 32.5 cm³/mol. The first-order valence-corrected chi connectivity index (χ1v) is 3.68. The SMILES string of the molecule is C1CC2=C(C1)C1CC21. The summed E-state index contributed by atoms with van der Waals surface area (Å²) < 4.78 is 0. The van der Waals surface area contributed by atoms with Gasteiger partial charge < -0.3 is 0 Å². The van der Waals surface area contributed by atoms with E-state index in [1.807, 2.05) is 11.1 Å². The lowest BCUT2D eigenvalue weighted by Gasteiger charge is -2.14. The van der Waals surface area contributed by atoms with Crippen molar-refractivity contribution < 1.29 is 0 Å². The lowest BCUT2D eigenvalue weighted by molar-refractivity contribution is 0.757. The van der Waals surface area contributed by atoms with Crippen molar-refractivity contribution >= 4 is 0 Å². The molecule has 0 N–H and O–H groups in total. The van der Waals surface area contributed by atoms with Crippen molar-refractivity contribution in [1.29, 1.82) is 0 Å². The summed E-state index contributed by atoms with van der Waals surface area (Å²) in [7, 11) is 0. The molecule has 8 heavy (non-hydrogen) atoms. The topological polar surface area (TPSA) is 0 Å². The molecule has 3 aliphatic rings. The molecule has 3 rings (SSSR count). The van der Waals surface area contributed by atoms with Crippen molar-refractivity contribution in [3.63, 3.8) is 0 Å². The highest BCUT2D eigenvalue weighted by molar-refractivity contribution is 5.43. The van der Waals surface area contributed by atoms with Crippen LogP contribution in [0.3, 0.4) is 0 Å². The molecule has 1 fully saturated rings. The summed E-state index contributed by atoms with van der Waals surface area (Å²) in [6.45, 7) is 0. The maximum atomic E-state index is 1.88. The van der Waals surface area contributed by atoms with Crippen LogP contribution in [0, 0.1) is 11.8 Å². The van der Waals surface area contributed by atoms with E-state index in [0.717, 1.165) is 11.8 Å². The van der Waals surface area contributed by atoms with Gasteiger partial charge in [-0.3, -0.25) is 0 Å².